The second kappa shape index (κ2) is 9.34. The fourth-order valence-corrected chi connectivity index (χ4v) is 4.05. The molecule has 7 heteroatoms. The zero-order valence-electron chi connectivity index (χ0n) is 18.3. The van der Waals surface area contributed by atoms with Gasteiger partial charge in [0.25, 0.3) is 0 Å². The van der Waals surface area contributed by atoms with Crippen LogP contribution in [0.1, 0.15) is 41.1 Å². The first-order chi connectivity index (χ1) is 14.2. The number of carbonyl (C=O) groups is 1. The van der Waals surface area contributed by atoms with E-state index in [2.05, 4.69) is 27.6 Å². The molecule has 0 saturated carbocycles. The number of aromatic nitrogens is 3. The SMILES string of the molecule is Cc1cc(C)cc(OC(C)c2nnc(SCC(=O)Nc3ccc(C)cc3C)n2C)c1. The van der Waals surface area contributed by atoms with Crippen molar-refractivity contribution in [3.63, 3.8) is 0 Å². The lowest BCUT2D eigenvalue weighted by atomic mass is 10.1. The summed E-state index contributed by atoms with van der Waals surface area (Å²) in [4.78, 5) is 12.4. The number of hydrogen-bond donors (Lipinski definition) is 1. The molecule has 0 aliphatic carbocycles. The maximum atomic E-state index is 12.4. The highest BCUT2D eigenvalue weighted by Crippen LogP contribution is 2.25. The summed E-state index contributed by atoms with van der Waals surface area (Å²) in [6.07, 6.45) is -0.262. The molecule has 1 heterocycles. The second-order valence-corrected chi connectivity index (χ2v) is 8.58. The average molecular weight is 425 g/mol. The van der Waals surface area contributed by atoms with Gasteiger partial charge in [-0.2, -0.15) is 0 Å². The Morgan fingerprint density at radius 1 is 1.07 bits per heavy atom. The Kier molecular flexibility index (Phi) is 6.82. The lowest BCUT2D eigenvalue weighted by Crippen LogP contribution is -2.15. The quantitative estimate of drug-likeness (QED) is 0.545. The highest BCUT2D eigenvalue weighted by Gasteiger charge is 2.18. The minimum Gasteiger partial charge on any atom is -0.483 e. The van der Waals surface area contributed by atoms with Crippen molar-refractivity contribution in [2.24, 2.45) is 7.05 Å². The molecule has 2 aromatic carbocycles. The molecule has 1 atom stereocenters. The summed E-state index contributed by atoms with van der Waals surface area (Å²) in [5.74, 6) is 1.71. The van der Waals surface area contributed by atoms with Crippen molar-refractivity contribution in [3.05, 3.63) is 64.5 Å². The minimum absolute atomic E-state index is 0.0731. The van der Waals surface area contributed by atoms with Gasteiger partial charge in [0.15, 0.2) is 17.1 Å². The van der Waals surface area contributed by atoms with Gasteiger partial charge in [-0.25, -0.2) is 0 Å². The molecule has 3 rings (SSSR count). The molecule has 1 N–H and O–H groups in total. The summed E-state index contributed by atoms with van der Waals surface area (Å²) < 4.78 is 7.95. The van der Waals surface area contributed by atoms with E-state index in [1.807, 2.05) is 70.5 Å². The molecule has 1 amide bonds. The second-order valence-electron chi connectivity index (χ2n) is 7.64. The van der Waals surface area contributed by atoms with Crippen molar-refractivity contribution in [1.29, 1.82) is 0 Å². The third-order valence-corrected chi connectivity index (χ3v) is 5.75. The topological polar surface area (TPSA) is 69.0 Å². The first-order valence-electron chi connectivity index (χ1n) is 9.87. The summed E-state index contributed by atoms with van der Waals surface area (Å²) in [5.41, 5.74) is 5.36. The largest absolute Gasteiger partial charge is 0.483 e. The standard InChI is InChI=1S/C23H28N4O2S/c1-14-7-8-20(17(4)10-14)24-21(28)13-30-23-26-25-22(27(23)6)18(5)29-19-11-15(2)9-16(3)12-19/h7-12,18H,13H2,1-6H3,(H,24,28). The zero-order chi connectivity index (χ0) is 21.8. The average Bonchev–Trinajstić information content (AvgIpc) is 3.02. The number of anilines is 1. The number of nitrogens with one attached hydrogen (secondary N) is 1. The van der Waals surface area contributed by atoms with Crippen molar-refractivity contribution >= 4 is 23.4 Å². The van der Waals surface area contributed by atoms with Crippen LogP contribution in [-0.4, -0.2) is 26.4 Å². The highest BCUT2D eigenvalue weighted by molar-refractivity contribution is 7.99. The van der Waals surface area contributed by atoms with Crippen molar-refractivity contribution in [1.82, 2.24) is 14.8 Å². The normalized spacial score (nSPS) is 11.9. The number of nitrogens with zero attached hydrogens (tertiary/aromatic N) is 3. The number of amides is 1. The zero-order valence-corrected chi connectivity index (χ0v) is 19.1. The third kappa shape index (κ3) is 5.42. The van der Waals surface area contributed by atoms with E-state index >= 15 is 0 Å². The number of aryl methyl sites for hydroxylation is 4. The number of rotatable bonds is 7. The van der Waals surface area contributed by atoms with Crippen LogP contribution in [0.25, 0.3) is 0 Å². The van der Waals surface area contributed by atoms with Gasteiger partial charge in [-0.1, -0.05) is 35.5 Å². The van der Waals surface area contributed by atoms with Crippen molar-refractivity contribution in [3.8, 4) is 5.75 Å². The van der Waals surface area contributed by atoms with E-state index < -0.39 is 0 Å². The Bertz CT molecular complexity index is 1040. The number of thioether (sulfide) groups is 1. The maximum absolute atomic E-state index is 12.4. The van der Waals surface area contributed by atoms with Crippen LogP contribution in [0.2, 0.25) is 0 Å². The summed E-state index contributed by atoms with van der Waals surface area (Å²) in [6, 6.07) is 12.1. The molecule has 0 spiro atoms. The summed E-state index contributed by atoms with van der Waals surface area (Å²) in [7, 11) is 1.89. The molecule has 3 aromatic rings. The summed E-state index contributed by atoms with van der Waals surface area (Å²) in [5, 5.41) is 12.2. The van der Waals surface area contributed by atoms with Crippen LogP contribution < -0.4 is 10.1 Å². The third-order valence-electron chi connectivity index (χ3n) is 4.73. The first kappa shape index (κ1) is 21.9. The van der Waals surface area contributed by atoms with Gasteiger partial charge in [0.1, 0.15) is 5.75 Å². The molecule has 1 aromatic heterocycles. The number of ether oxygens (including phenoxy) is 1. The van der Waals surface area contributed by atoms with E-state index in [-0.39, 0.29) is 17.8 Å². The molecule has 0 aliphatic heterocycles. The monoisotopic (exact) mass is 424 g/mol. The summed E-state index contributed by atoms with van der Waals surface area (Å²) >= 11 is 1.35. The van der Waals surface area contributed by atoms with Crippen LogP contribution in [0.15, 0.2) is 41.6 Å². The molecular formula is C23H28N4O2S. The van der Waals surface area contributed by atoms with E-state index in [0.717, 1.165) is 28.1 Å². The van der Waals surface area contributed by atoms with E-state index in [0.29, 0.717) is 11.0 Å². The molecule has 0 fully saturated rings. The van der Waals surface area contributed by atoms with Crippen LogP contribution in [-0.2, 0) is 11.8 Å². The van der Waals surface area contributed by atoms with Crippen LogP contribution in [0.4, 0.5) is 5.69 Å². The van der Waals surface area contributed by atoms with E-state index in [9.17, 15) is 4.79 Å². The van der Waals surface area contributed by atoms with Gasteiger partial charge in [0, 0.05) is 12.7 Å². The molecule has 0 saturated heterocycles. The Hall–Kier alpha value is -2.80. The first-order valence-corrected chi connectivity index (χ1v) is 10.9. The van der Waals surface area contributed by atoms with Crippen LogP contribution in [0, 0.1) is 27.7 Å². The molecule has 0 aliphatic rings. The Morgan fingerprint density at radius 2 is 1.77 bits per heavy atom. The van der Waals surface area contributed by atoms with Crippen molar-refractivity contribution < 1.29 is 9.53 Å². The number of benzene rings is 2. The van der Waals surface area contributed by atoms with E-state index in [1.54, 1.807) is 0 Å². The Morgan fingerprint density at radius 3 is 2.43 bits per heavy atom. The van der Waals surface area contributed by atoms with Crippen LogP contribution in [0.5, 0.6) is 5.75 Å². The van der Waals surface area contributed by atoms with Gasteiger partial charge in [-0.15, -0.1) is 10.2 Å². The fourth-order valence-electron chi connectivity index (χ4n) is 3.33. The maximum Gasteiger partial charge on any atom is 0.234 e. The molecule has 30 heavy (non-hydrogen) atoms. The Balaban J connectivity index is 1.61. The molecular weight excluding hydrogens is 396 g/mol. The lowest BCUT2D eigenvalue weighted by molar-refractivity contribution is -0.113. The molecule has 6 nitrogen and oxygen atoms in total. The summed E-state index contributed by atoms with van der Waals surface area (Å²) in [6.45, 7) is 10.1. The van der Waals surface area contributed by atoms with Gasteiger partial charge in [-0.3, -0.25) is 4.79 Å². The predicted molar refractivity (Wildman–Crippen MR) is 121 cm³/mol. The number of carbonyl (C=O) groups excluding carboxylic acids is 1. The number of hydrogen-bond acceptors (Lipinski definition) is 5. The fraction of sp³-hybridized carbons (Fsp3) is 0.348. The molecule has 0 bridgehead atoms. The van der Waals surface area contributed by atoms with Crippen molar-refractivity contribution in [2.75, 3.05) is 11.1 Å². The molecule has 0 radical (unpaired) electrons. The van der Waals surface area contributed by atoms with Gasteiger partial charge in [0.2, 0.25) is 5.91 Å². The molecule has 158 valence electrons. The lowest BCUT2D eigenvalue weighted by Gasteiger charge is -2.15. The minimum atomic E-state index is -0.262. The van der Waals surface area contributed by atoms with Gasteiger partial charge >= 0.3 is 0 Å². The van der Waals surface area contributed by atoms with E-state index in [1.165, 1.54) is 17.3 Å². The van der Waals surface area contributed by atoms with E-state index in [4.69, 9.17) is 4.74 Å². The predicted octanol–water partition coefficient (Wildman–Crippen LogP) is 4.92. The van der Waals surface area contributed by atoms with Gasteiger partial charge in [-0.05, 0) is 69.5 Å². The smallest absolute Gasteiger partial charge is 0.234 e. The Labute approximate surface area is 182 Å². The highest BCUT2D eigenvalue weighted by atomic mass is 32.2. The van der Waals surface area contributed by atoms with Gasteiger partial charge in [0.05, 0.1) is 5.75 Å². The van der Waals surface area contributed by atoms with Crippen molar-refractivity contribution in [2.45, 2.75) is 45.9 Å². The van der Waals surface area contributed by atoms with Crippen LogP contribution >= 0.6 is 11.8 Å². The molecule has 1 unspecified atom stereocenters. The van der Waals surface area contributed by atoms with Crippen LogP contribution in [0.3, 0.4) is 0 Å². The van der Waals surface area contributed by atoms with Gasteiger partial charge < -0.3 is 14.6 Å².